The van der Waals surface area contributed by atoms with Crippen molar-refractivity contribution >= 4 is 47.3 Å². The van der Waals surface area contributed by atoms with Gasteiger partial charge in [-0.3, -0.25) is 4.99 Å². The lowest BCUT2D eigenvalue weighted by Crippen LogP contribution is -2.35. The minimum absolute atomic E-state index is 0.00430. The largest absolute Gasteiger partial charge is 0.463 e. The number of amides is 1. The molecule has 0 spiro atoms. The third-order valence-electron chi connectivity index (χ3n) is 4.21. The first kappa shape index (κ1) is 30.0. The van der Waals surface area contributed by atoms with E-state index in [0.717, 1.165) is 17.8 Å². The second-order valence-electron chi connectivity index (χ2n) is 8.43. The van der Waals surface area contributed by atoms with Crippen LogP contribution in [-0.2, 0) is 11.2 Å². The van der Waals surface area contributed by atoms with Gasteiger partial charge in [0.2, 0.25) is 11.8 Å². The number of aliphatic imine (C=N–C) groups is 1. The molecule has 1 atom stereocenters. The van der Waals surface area contributed by atoms with Crippen molar-refractivity contribution in [3.8, 4) is 18.2 Å². The Bertz CT molecular complexity index is 1180. The van der Waals surface area contributed by atoms with Crippen molar-refractivity contribution in [2.24, 2.45) is 4.99 Å². The van der Waals surface area contributed by atoms with Crippen LogP contribution in [0.15, 0.2) is 29.6 Å². The maximum atomic E-state index is 14.7. The Morgan fingerprint density at radius 2 is 2.03 bits per heavy atom. The Kier molecular flexibility index (Phi) is 11.3. The van der Waals surface area contributed by atoms with E-state index in [2.05, 4.69) is 25.9 Å². The smallest absolute Gasteiger partial charge is 0.428 e. The molecule has 1 amide bonds. The number of ether oxygens (including phenoxy) is 2. The number of nitrogens with zero attached hydrogens (tertiary/aromatic N) is 5. The van der Waals surface area contributed by atoms with Gasteiger partial charge in [0.25, 0.3) is 0 Å². The summed E-state index contributed by atoms with van der Waals surface area (Å²) in [7, 11) is 1.40. The SMILES string of the molecule is C#CCOc1cnc(/C(F)=C/c2cnc(F)c(CC(C)SC(=NC)N(SF)C(=O)OC(C)(C)C)c2)cn1. The number of halogens is 3. The van der Waals surface area contributed by atoms with E-state index >= 15 is 0 Å². The Morgan fingerprint density at radius 1 is 1.30 bits per heavy atom. The standard InChI is InChI=1S/C24H26F3N5O3S2/c1-7-8-34-20-14-29-19(13-30-20)18(25)11-16-10-17(21(26)31-12-16)9-15(2)36-22(28-6)32(37-27)23(33)35-24(3,4)5/h1,10-15H,8-9H2,2-6H3/b18-11-,28-22?. The van der Waals surface area contributed by atoms with Crippen LogP contribution in [0.2, 0.25) is 0 Å². The highest BCUT2D eigenvalue weighted by atomic mass is 32.2. The van der Waals surface area contributed by atoms with Crippen molar-refractivity contribution in [1.29, 1.82) is 0 Å². The fourth-order valence-corrected chi connectivity index (χ4v) is 4.09. The van der Waals surface area contributed by atoms with Gasteiger partial charge in [-0.25, -0.2) is 24.1 Å². The third kappa shape index (κ3) is 9.62. The summed E-state index contributed by atoms with van der Waals surface area (Å²) in [4.78, 5) is 27.9. The summed E-state index contributed by atoms with van der Waals surface area (Å²) >= 11 is 0.705. The molecule has 2 heterocycles. The lowest BCUT2D eigenvalue weighted by molar-refractivity contribution is 0.0474. The van der Waals surface area contributed by atoms with Crippen LogP contribution in [0.1, 0.15) is 44.5 Å². The summed E-state index contributed by atoms with van der Waals surface area (Å²) in [5.41, 5.74) is -0.406. The summed E-state index contributed by atoms with van der Waals surface area (Å²) in [6.07, 6.45) is 9.05. The number of amidine groups is 1. The lowest BCUT2D eigenvalue weighted by atomic mass is 10.1. The first-order valence-electron chi connectivity index (χ1n) is 10.8. The maximum Gasteiger partial charge on any atom is 0.428 e. The van der Waals surface area contributed by atoms with E-state index in [9.17, 15) is 17.5 Å². The fraction of sp³-hybridized carbons (Fsp3) is 0.375. The molecule has 0 bridgehead atoms. The van der Waals surface area contributed by atoms with E-state index in [4.69, 9.17) is 15.9 Å². The van der Waals surface area contributed by atoms with Gasteiger partial charge in [-0.1, -0.05) is 24.6 Å². The molecule has 0 N–H and O–H groups in total. The highest BCUT2D eigenvalue weighted by molar-refractivity contribution is 8.15. The van der Waals surface area contributed by atoms with Crippen LogP contribution < -0.4 is 4.74 Å². The van der Waals surface area contributed by atoms with Crippen LogP contribution in [0.5, 0.6) is 5.88 Å². The summed E-state index contributed by atoms with van der Waals surface area (Å²) in [6, 6.07) is 1.44. The Balaban J connectivity index is 2.14. The molecule has 0 fully saturated rings. The molecular formula is C24H26F3N5O3S2. The zero-order chi connectivity index (χ0) is 27.6. The molecular weight excluding hydrogens is 527 g/mol. The van der Waals surface area contributed by atoms with Gasteiger partial charge in [-0.2, -0.15) is 8.70 Å². The molecule has 8 nitrogen and oxygen atoms in total. The molecule has 37 heavy (non-hydrogen) atoms. The lowest BCUT2D eigenvalue weighted by Gasteiger charge is -2.25. The average Bonchev–Trinajstić information content (AvgIpc) is 2.83. The molecule has 2 rings (SSSR count). The van der Waals surface area contributed by atoms with Crippen molar-refractivity contribution < 1.29 is 26.9 Å². The summed E-state index contributed by atoms with van der Waals surface area (Å²) in [5, 5.41) is -0.324. The first-order chi connectivity index (χ1) is 17.5. The van der Waals surface area contributed by atoms with Crippen LogP contribution in [0.3, 0.4) is 0 Å². The second kappa shape index (κ2) is 13.9. The van der Waals surface area contributed by atoms with E-state index in [1.54, 1.807) is 27.7 Å². The number of hydrogen-bond acceptors (Lipinski definition) is 9. The molecule has 1 unspecified atom stereocenters. The molecule has 0 saturated heterocycles. The topological polar surface area (TPSA) is 89.8 Å². The average molecular weight is 554 g/mol. The molecule has 0 radical (unpaired) electrons. The normalized spacial score (nSPS) is 13.1. The van der Waals surface area contributed by atoms with Crippen LogP contribution in [0.4, 0.5) is 17.5 Å². The van der Waals surface area contributed by atoms with E-state index < -0.39 is 23.5 Å². The molecule has 0 aliphatic carbocycles. The predicted octanol–water partition coefficient (Wildman–Crippen LogP) is 5.91. The Morgan fingerprint density at radius 3 is 2.59 bits per heavy atom. The molecule has 13 heteroatoms. The quantitative estimate of drug-likeness (QED) is 0.131. The number of carbonyl (C=O) groups excluding carboxylic acids is 1. The second-order valence-corrected chi connectivity index (χ2v) is 10.3. The van der Waals surface area contributed by atoms with Gasteiger partial charge < -0.3 is 9.47 Å². The van der Waals surface area contributed by atoms with Crippen molar-refractivity contribution in [2.45, 2.75) is 45.0 Å². The zero-order valence-corrected chi connectivity index (χ0v) is 22.5. The van der Waals surface area contributed by atoms with Gasteiger partial charge in [0, 0.05) is 24.1 Å². The number of pyridine rings is 1. The monoisotopic (exact) mass is 553 g/mol. The van der Waals surface area contributed by atoms with E-state index in [1.165, 1.54) is 31.7 Å². The Hall–Kier alpha value is -3.24. The predicted molar refractivity (Wildman–Crippen MR) is 140 cm³/mol. The molecule has 0 aromatic carbocycles. The maximum absolute atomic E-state index is 14.7. The molecule has 198 valence electrons. The van der Waals surface area contributed by atoms with Crippen molar-refractivity contribution in [1.82, 2.24) is 19.3 Å². The zero-order valence-electron chi connectivity index (χ0n) is 20.9. The molecule has 2 aromatic heterocycles. The van der Waals surface area contributed by atoms with E-state index in [1.807, 2.05) is 0 Å². The van der Waals surface area contributed by atoms with Crippen LogP contribution >= 0.6 is 24.1 Å². The van der Waals surface area contributed by atoms with Gasteiger partial charge in [-0.15, -0.1) is 10.3 Å². The van der Waals surface area contributed by atoms with Crippen LogP contribution in [0, 0.1) is 18.3 Å². The molecule has 0 aliphatic rings. The van der Waals surface area contributed by atoms with Gasteiger partial charge in [-0.05, 0) is 44.9 Å². The van der Waals surface area contributed by atoms with Crippen LogP contribution in [-0.4, -0.2) is 55.0 Å². The number of carbonyl (C=O) groups is 1. The van der Waals surface area contributed by atoms with Gasteiger partial charge in [0.15, 0.2) is 29.9 Å². The molecule has 0 saturated carbocycles. The fourth-order valence-electron chi connectivity index (χ4n) is 2.75. The number of terminal acetylenes is 1. The third-order valence-corrected chi connectivity index (χ3v) is 5.93. The minimum Gasteiger partial charge on any atom is -0.463 e. The number of hydrogen-bond donors (Lipinski definition) is 0. The van der Waals surface area contributed by atoms with Gasteiger partial charge in [0.1, 0.15) is 11.3 Å². The number of thioether (sulfide) groups is 1. The summed E-state index contributed by atoms with van der Waals surface area (Å²) < 4.78 is 53.7. The minimum atomic E-state index is -0.922. The van der Waals surface area contributed by atoms with E-state index in [0.29, 0.717) is 9.87 Å². The van der Waals surface area contributed by atoms with Crippen molar-refractivity contribution in [3.05, 3.63) is 47.4 Å². The number of rotatable bonds is 8. The number of aromatic nitrogens is 3. The van der Waals surface area contributed by atoms with Gasteiger partial charge >= 0.3 is 6.09 Å². The van der Waals surface area contributed by atoms with Crippen molar-refractivity contribution in [3.63, 3.8) is 0 Å². The van der Waals surface area contributed by atoms with Gasteiger partial charge in [0.05, 0.1) is 12.4 Å². The summed E-state index contributed by atoms with van der Waals surface area (Å²) in [6.45, 7) is 6.71. The highest BCUT2D eigenvalue weighted by Crippen LogP contribution is 2.28. The highest BCUT2D eigenvalue weighted by Gasteiger charge is 2.28. The first-order valence-corrected chi connectivity index (χ1v) is 12.4. The Labute approximate surface area is 222 Å². The van der Waals surface area contributed by atoms with Crippen LogP contribution in [0.25, 0.3) is 11.9 Å². The summed E-state index contributed by atoms with van der Waals surface area (Å²) in [5.74, 6) is 0.980. The van der Waals surface area contributed by atoms with E-state index in [-0.39, 0.29) is 52.9 Å². The van der Waals surface area contributed by atoms with Crippen molar-refractivity contribution in [2.75, 3.05) is 13.7 Å². The molecule has 2 aromatic rings. The molecule has 0 aliphatic heterocycles.